The number of benzene rings is 2. The molecule has 0 bridgehead atoms. The molecule has 2 N–H and O–H groups in total. The summed E-state index contributed by atoms with van der Waals surface area (Å²) in [5.74, 6) is -5.90. The van der Waals surface area contributed by atoms with Crippen molar-refractivity contribution in [3.63, 3.8) is 0 Å². The number of hydrogen-bond donors (Lipinski definition) is 2. The van der Waals surface area contributed by atoms with Crippen LogP contribution in [0.1, 0.15) is 90.9 Å². The predicted octanol–water partition coefficient (Wildman–Crippen LogP) is 3.71. The number of piperidine rings is 2. The largest absolute Gasteiger partial charge is 0.369 e. The van der Waals surface area contributed by atoms with Crippen LogP contribution in [0.15, 0.2) is 30.3 Å². The topological polar surface area (TPSA) is 122 Å². The lowest BCUT2D eigenvalue weighted by Gasteiger charge is -2.57. The van der Waals surface area contributed by atoms with E-state index in [1.54, 1.807) is 4.90 Å². The molecule has 1 atom stereocenters. The van der Waals surface area contributed by atoms with Crippen LogP contribution in [0.2, 0.25) is 0 Å². The molecule has 3 saturated heterocycles. The van der Waals surface area contributed by atoms with Crippen molar-refractivity contribution >= 4 is 40.9 Å². The highest BCUT2D eigenvalue weighted by Crippen LogP contribution is 2.53. The molecule has 0 aromatic heterocycles. The molecule has 266 valence electrons. The van der Waals surface area contributed by atoms with E-state index in [2.05, 4.69) is 48.1 Å². The Labute approximate surface area is 290 Å². The van der Waals surface area contributed by atoms with Crippen molar-refractivity contribution in [3.05, 3.63) is 58.7 Å². The molecule has 4 fully saturated rings. The molecule has 2 aromatic carbocycles. The summed E-state index contributed by atoms with van der Waals surface area (Å²) in [6.45, 7) is 13.0. The van der Waals surface area contributed by atoms with Crippen molar-refractivity contribution in [2.75, 3.05) is 49.1 Å². The van der Waals surface area contributed by atoms with Gasteiger partial charge in [0, 0.05) is 69.0 Å². The van der Waals surface area contributed by atoms with Crippen molar-refractivity contribution in [1.82, 2.24) is 20.4 Å². The van der Waals surface area contributed by atoms with Crippen LogP contribution < -0.4 is 20.4 Å². The van der Waals surface area contributed by atoms with E-state index in [4.69, 9.17) is 0 Å². The van der Waals surface area contributed by atoms with Crippen LogP contribution in [0, 0.1) is 22.5 Å². The summed E-state index contributed by atoms with van der Waals surface area (Å²) >= 11 is 0. The quantitative estimate of drug-likeness (QED) is 0.441. The molecule has 50 heavy (non-hydrogen) atoms. The first-order valence-corrected chi connectivity index (χ1v) is 17.5. The van der Waals surface area contributed by atoms with E-state index in [0.717, 1.165) is 38.3 Å². The van der Waals surface area contributed by atoms with Crippen LogP contribution in [0.5, 0.6) is 0 Å². The average Bonchev–Trinajstić information content (AvgIpc) is 3.33. The van der Waals surface area contributed by atoms with Gasteiger partial charge in [0.05, 0.1) is 16.8 Å². The van der Waals surface area contributed by atoms with Crippen LogP contribution in [0.4, 0.5) is 20.2 Å². The van der Waals surface area contributed by atoms with Crippen molar-refractivity contribution in [3.8, 4) is 0 Å². The second-order valence-corrected chi connectivity index (χ2v) is 15.7. The normalized spacial score (nSPS) is 24.3. The first kappa shape index (κ1) is 34.1. The molecule has 5 aliphatic rings. The monoisotopic (exact) mass is 690 g/mol. The van der Waals surface area contributed by atoms with Gasteiger partial charge in [0.2, 0.25) is 11.8 Å². The van der Waals surface area contributed by atoms with Gasteiger partial charge in [0.1, 0.15) is 6.04 Å². The van der Waals surface area contributed by atoms with Gasteiger partial charge < -0.3 is 15.1 Å². The number of carbonyl (C=O) groups is 5. The Bertz CT molecular complexity index is 1750. The lowest BCUT2D eigenvalue weighted by Crippen LogP contribution is -2.63. The molecule has 7 rings (SSSR count). The molecule has 1 unspecified atom stereocenters. The summed E-state index contributed by atoms with van der Waals surface area (Å²) in [5.41, 5.74) is 0.861. The summed E-state index contributed by atoms with van der Waals surface area (Å²) in [4.78, 5) is 70.4. The first-order chi connectivity index (χ1) is 23.7. The maximum Gasteiger partial charge on any atom is 0.265 e. The van der Waals surface area contributed by atoms with Crippen molar-refractivity contribution in [1.29, 1.82) is 0 Å². The van der Waals surface area contributed by atoms with Gasteiger partial charge in [-0.3, -0.25) is 39.1 Å². The van der Waals surface area contributed by atoms with Gasteiger partial charge in [-0.2, -0.15) is 0 Å². The summed E-state index contributed by atoms with van der Waals surface area (Å²) in [5, 5.41) is 5.35. The van der Waals surface area contributed by atoms with Crippen molar-refractivity contribution < 1.29 is 32.8 Å². The van der Waals surface area contributed by atoms with Gasteiger partial charge in [-0.15, -0.1) is 0 Å². The fraction of sp³-hybridized carbons (Fsp3) is 0.541. The van der Waals surface area contributed by atoms with Crippen molar-refractivity contribution in [2.24, 2.45) is 10.8 Å². The predicted molar refractivity (Wildman–Crippen MR) is 182 cm³/mol. The zero-order valence-electron chi connectivity index (χ0n) is 29.0. The summed E-state index contributed by atoms with van der Waals surface area (Å²) < 4.78 is 30.8. The second-order valence-electron chi connectivity index (χ2n) is 15.7. The average molecular weight is 691 g/mol. The third kappa shape index (κ3) is 5.82. The standard InChI is InChI=1S/C37H44F2N6O5/c1-36(2)20-37(3,4)35(36)41-31(47)21-5-7-22(8-6-21)42-15-17-43(18-16-42)23-11-13-44(14-12-23)26-19-24-28(30(39)29(26)38)34(50)45(33(24)49)25-9-10-27(46)40-32(25)48/h5-8,19,23,25,35H,9-18,20H2,1-4H3,(H,41,47)(H,40,46,48). The second kappa shape index (κ2) is 12.4. The molecular weight excluding hydrogens is 646 g/mol. The van der Waals surface area contributed by atoms with E-state index in [1.165, 1.54) is 6.07 Å². The molecule has 1 saturated carbocycles. The maximum atomic E-state index is 15.4. The van der Waals surface area contributed by atoms with Crippen molar-refractivity contribution in [2.45, 2.75) is 77.9 Å². The van der Waals surface area contributed by atoms with Crippen LogP contribution in [0.25, 0.3) is 0 Å². The van der Waals surface area contributed by atoms with Gasteiger partial charge in [-0.05, 0) is 66.8 Å². The SMILES string of the molecule is CC1(C)CC(C)(C)C1NC(=O)c1ccc(N2CCN(C3CCN(c4cc5c(c(F)c4F)C(=O)N(C4CCC(=O)NC4=O)C5=O)CC3)CC2)cc1. The zero-order valence-corrected chi connectivity index (χ0v) is 29.0. The Morgan fingerprint density at radius 3 is 2.06 bits per heavy atom. The fourth-order valence-electron chi connectivity index (χ4n) is 9.33. The van der Waals surface area contributed by atoms with Gasteiger partial charge in [0.25, 0.3) is 17.7 Å². The Hall–Kier alpha value is -4.39. The molecule has 0 radical (unpaired) electrons. The van der Waals surface area contributed by atoms with E-state index >= 15 is 8.78 Å². The number of nitrogens with one attached hydrogen (secondary N) is 2. The number of halogens is 2. The smallest absolute Gasteiger partial charge is 0.265 e. The third-order valence-corrected chi connectivity index (χ3v) is 11.5. The molecule has 2 aromatic rings. The van der Waals surface area contributed by atoms with E-state index in [9.17, 15) is 24.0 Å². The first-order valence-electron chi connectivity index (χ1n) is 17.5. The fourth-order valence-corrected chi connectivity index (χ4v) is 9.33. The maximum absolute atomic E-state index is 15.4. The lowest BCUT2D eigenvalue weighted by molar-refractivity contribution is -0.136. The van der Waals surface area contributed by atoms with Crippen LogP contribution >= 0.6 is 0 Å². The number of hydrogen-bond acceptors (Lipinski definition) is 8. The summed E-state index contributed by atoms with van der Waals surface area (Å²) in [6, 6.07) is 8.15. The van der Waals surface area contributed by atoms with Gasteiger partial charge in [-0.25, -0.2) is 8.78 Å². The van der Waals surface area contributed by atoms with Gasteiger partial charge in [-0.1, -0.05) is 27.7 Å². The highest BCUT2D eigenvalue weighted by Gasteiger charge is 2.53. The number of carbonyl (C=O) groups excluding carboxylic acids is 5. The zero-order chi connectivity index (χ0) is 35.7. The highest BCUT2D eigenvalue weighted by molar-refractivity contribution is 6.24. The summed E-state index contributed by atoms with van der Waals surface area (Å²) in [6.07, 6.45) is 2.36. The van der Waals surface area contributed by atoms with E-state index < -0.39 is 46.9 Å². The molecule has 1 aliphatic carbocycles. The Morgan fingerprint density at radius 2 is 1.46 bits per heavy atom. The number of amides is 5. The molecule has 0 spiro atoms. The number of fused-ring (bicyclic) bond motifs is 1. The molecular formula is C37H44F2N6O5. The van der Waals surface area contributed by atoms with Crippen LogP contribution in [-0.4, -0.2) is 96.7 Å². The van der Waals surface area contributed by atoms with Gasteiger partial charge in [0.15, 0.2) is 11.6 Å². The van der Waals surface area contributed by atoms with E-state index in [-0.39, 0.29) is 52.9 Å². The number of anilines is 2. The Morgan fingerprint density at radius 1 is 0.820 bits per heavy atom. The van der Waals surface area contributed by atoms with Crippen LogP contribution in [-0.2, 0) is 9.59 Å². The highest BCUT2D eigenvalue weighted by atomic mass is 19.2. The molecule has 5 amide bonds. The number of nitrogens with zero attached hydrogens (tertiary/aromatic N) is 4. The molecule has 4 heterocycles. The number of piperazine rings is 1. The van der Waals surface area contributed by atoms with Crippen LogP contribution in [0.3, 0.4) is 0 Å². The minimum atomic E-state index is -1.40. The number of rotatable bonds is 6. The minimum absolute atomic E-state index is 0.0460. The molecule has 11 nitrogen and oxygen atoms in total. The summed E-state index contributed by atoms with van der Waals surface area (Å²) in [7, 11) is 0. The number of imide groups is 2. The van der Waals surface area contributed by atoms with E-state index in [0.29, 0.717) is 36.4 Å². The minimum Gasteiger partial charge on any atom is -0.369 e. The lowest BCUT2D eigenvalue weighted by atomic mass is 9.52. The van der Waals surface area contributed by atoms with E-state index in [1.807, 2.05) is 24.3 Å². The molecule has 4 aliphatic heterocycles. The third-order valence-electron chi connectivity index (χ3n) is 11.5. The Kier molecular flexibility index (Phi) is 8.47. The molecule has 13 heteroatoms. The Balaban J connectivity index is 0.937. The van der Waals surface area contributed by atoms with Gasteiger partial charge >= 0.3 is 0 Å².